The van der Waals surface area contributed by atoms with Gasteiger partial charge in [0.05, 0.1) is 5.69 Å². The van der Waals surface area contributed by atoms with Crippen molar-refractivity contribution in [3.05, 3.63) is 52.5 Å². The van der Waals surface area contributed by atoms with Gasteiger partial charge in [-0.2, -0.15) is 0 Å². The summed E-state index contributed by atoms with van der Waals surface area (Å²) in [5, 5.41) is 15.1. The molecule has 0 aliphatic carbocycles. The Balaban J connectivity index is 2.04. The Morgan fingerprint density at radius 2 is 1.43 bits per heavy atom. The van der Waals surface area contributed by atoms with E-state index in [0.717, 1.165) is 0 Å². The number of phenolic OH excluding ortho intramolecular Hbond substituents is 1. The molecule has 0 aromatic heterocycles. The van der Waals surface area contributed by atoms with E-state index in [1.54, 1.807) is 24.3 Å². The zero-order chi connectivity index (χ0) is 15.4. The van der Waals surface area contributed by atoms with Crippen LogP contribution in [0.5, 0.6) is 5.75 Å². The normalized spacial score (nSPS) is 10.0. The maximum absolute atomic E-state index is 11.7. The average Bonchev–Trinajstić information content (AvgIpc) is 2.45. The van der Waals surface area contributed by atoms with E-state index in [9.17, 15) is 14.7 Å². The molecule has 2 aromatic rings. The van der Waals surface area contributed by atoms with Crippen molar-refractivity contribution in [1.29, 1.82) is 0 Å². The summed E-state index contributed by atoms with van der Waals surface area (Å²) < 4.78 is 0. The molecule has 0 heterocycles. The van der Waals surface area contributed by atoms with Gasteiger partial charge >= 0.3 is 11.8 Å². The van der Waals surface area contributed by atoms with Crippen molar-refractivity contribution in [2.75, 3.05) is 10.6 Å². The fourth-order valence-electron chi connectivity index (χ4n) is 1.51. The molecule has 0 aliphatic heterocycles. The van der Waals surface area contributed by atoms with Crippen molar-refractivity contribution >= 4 is 46.4 Å². The number of phenols is 1. The number of hydrogen-bond donors (Lipinski definition) is 3. The van der Waals surface area contributed by atoms with Crippen molar-refractivity contribution in [3.63, 3.8) is 0 Å². The predicted molar refractivity (Wildman–Crippen MR) is 81.8 cm³/mol. The van der Waals surface area contributed by atoms with Gasteiger partial charge in [-0.15, -0.1) is 0 Å². The van der Waals surface area contributed by atoms with Gasteiger partial charge in [-0.3, -0.25) is 9.59 Å². The summed E-state index contributed by atoms with van der Waals surface area (Å²) >= 11 is 11.5. The Morgan fingerprint density at radius 3 is 2.10 bits per heavy atom. The smallest absolute Gasteiger partial charge is 0.314 e. The average molecular weight is 325 g/mol. The van der Waals surface area contributed by atoms with Gasteiger partial charge in [0, 0.05) is 15.7 Å². The number of amides is 2. The van der Waals surface area contributed by atoms with Crippen LogP contribution in [-0.4, -0.2) is 16.9 Å². The van der Waals surface area contributed by atoms with Gasteiger partial charge in [0.25, 0.3) is 0 Å². The van der Waals surface area contributed by atoms with Crippen LogP contribution in [0.1, 0.15) is 0 Å². The summed E-state index contributed by atoms with van der Waals surface area (Å²) in [7, 11) is 0. The molecule has 5 nitrogen and oxygen atoms in total. The van der Waals surface area contributed by atoms with Crippen LogP contribution >= 0.6 is 23.2 Å². The highest BCUT2D eigenvalue weighted by Crippen LogP contribution is 2.26. The molecule has 0 spiro atoms. The summed E-state index contributed by atoms with van der Waals surface area (Å²) in [4.78, 5) is 23.5. The number of carbonyl (C=O) groups is 2. The number of hydrogen-bond acceptors (Lipinski definition) is 3. The van der Waals surface area contributed by atoms with E-state index in [1.165, 1.54) is 18.2 Å². The molecule has 0 saturated carbocycles. The lowest BCUT2D eigenvalue weighted by molar-refractivity contribution is -0.133. The quantitative estimate of drug-likeness (QED) is 0.586. The van der Waals surface area contributed by atoms with E-state index in [2.05, 4.69) is 10.6 Å². The fourth-order valence-corrected chi connectivity index (χ4v) is 1.81. The molecule has 0 bridgehead atoms. The number of rotatable bonds is 2. The van der Waals surface area contributed by atoms with Gasteiger partial charge in [0.15, 0.2) is 0 Å². The third-order valence-electron chi connectivity index (χ3n) is 2.52. The van der Waals surface area contributed by atoms with Crippen LogP contribution in [0.4, 0.5) is 11.4 Å². The predicted octanol–water partition coefficient (Wildman–Crippen LogP) is 3.28. The molecule has 0 fully saturated rings. The number of aromatic hydroxyl groups is 1. The zero-order valence-corrected chi connectivity index (χ0v) is 12.1. The monoisotopic (exact) mass is 324 g/mol. The van der Waals surface area contributed by atoms with Crippen LogP contribution in [0.3, 0.4) is 0 Å². The first-order valence-electron chi connectivity index (χ1n) is 5.82. The second kappa shape index (κ2) is 6.47. The minimum Gasteiger partial charge on any atom is -0.506 e. The highest BCUT2D eigenvalue weighted by atomic mass is 35.5. The molecular formula is C14H10Cl2N2O3. The van der Waals surface area contributed by atoms with E-state index in [0.29, 0.717) is 15.7 Å². The maximum atomic E-state index is 11.7. The number of carbonyl (C=O) groups excluding carboxylic acids is 2. The number of nitrogens with one attached hydrogen (secondary N) is 2. The van der Waals surface area contributed by atoms with Crippen LogP contribution in [0, 0.1) is 0 Å². The second-order valence-electron chi connectivity index (χ2n) is 4.08. The SMILES string of the molecule is O=C(Nc1ccc(Cl)cc1)C(=O)Nc1cc(Cl)ccc1O. The molecule has 0 atom stereocenters. The van der Waals surface area contributed by atoms with Gasteiger partial charge < -0.3 is 15.7 Å². The Hall–Kier alpha value is -2.24. The van der Waals surface area contributed by atoms with Gasteiger partial charge in [-0.05, 0) is 42.5 Å². The first-order chi connectivity index (χ1) is 9.95. The zero-order valence-electron chi connectivity index (χ0n) is 10.6. The van der Waals surface area contributed by atoms with Crippen molar-refractivity contribution < 1.29 is 14.7 Å². The molecule has 2 rings (SSSR count). The molecule has 2 amide bonds. The summed E-state index contributed by atoms with van der Waals surface area (Å²) in [6.07, 6.45) is 0. The van der Waals surface area contributed by atoms with Gasteiger partial charge in [0.2, 0.25) is 0 Å². The van der Waals surface area contributed by atoms with Crippen molar-refractivity contribution in [2.24, 2.45) is 0 Å². The molecule has 0 radical (unpaired) electrons. The van der Waals surface area contributed by atoms with Gasteiger partial charge in [0.1, 0.15) is 5.75 Å². The first kappa shape index (κ1) is 15.2. The summed E-state index contributed by atoms with van der Waals surface area (Å²) in [5.74, 6) is -1.99. The standard InChI is InChI=1S/C14H10Cl2N2O3/c15-8-1-4-10(5-2-8)17-13(20)14(21)18-11-7-9(16)3-6-12(11)19/h1-7,19H,(H,17,20)(H,18,21). The largest absolute Gasteiger partial charge is 0.506 e. The number of halogens is 2. The molecule has 0 unspecified atom stereocenters. The Kier molecular flexibility index (Phi) is 4.67. The summed E-state index contributed by atoms with van der Waals surface area (Å²) in [6, 6.07) is 10.4. The third kappa shape index (κ3) is 4.11. The topological polar surface area (TPSA) is 78.4 Å². The van der Waals surface area contributed by atoms with E-state index in [-0.39, 0.29) is 11.4 Å². The highest BCUT2D eigenvalue weighted by molar-refractivity contribution is 6.44. The van der Waals surface area contributed by atoms with E-state index in [1.807, 2.05) is 0 Å². The first-order valence-corrected chi connectivity index (χ1v) is 6.58. The van der Waals surface area contributed by atoms with Crippen LogP contribution < -0.4 is 10.6 Å². The summed E-state index contributed by atoms with van der Waals surface area (Å²) in [5.41, 5.74) is 0.480. The molecule has 108 valence electrons. The third-order valence-corrected chi connectivity index (χ3v) is 3.00. The van der Waals surface area contributed by atoms with Gasteiger partial charge in [-0.25, -0.2) is 0 Å². The summed E-state index contributed by atoms with van der Waals surface area (Å²) in [6.45, 7) is 0. The lowest BCUT2D eigenvalue weighted by Gasteiger charge is -2.08. The van der Waals surface area contributed by atoms with Crippen LogP contribution in [0.25, 0.3) is 0 Å². The van der Waals surface area contributed by atoms with Crippen LogP contribution in [-0.2, 0) is 9.59 Å². The van der Waals surface area contributed by atoms with Crippen LogP contribution in [0.2, 0.25) is 10.0 Å². The lowest BCUT2D eigenvalue weighted by Crippen LogP contribution is -2.29. The van der Waals surface area contributed by atoms with Crippen molar-refractivity contribution in [2.45, 2.75) is 0 Å². The Morgan fingerprint density at radius 1 is 0.857 bits per heavy atom. The number of anilines is 2. The lowest BCUT2D eigenvalue weighted by atomic mass is 10.3. The van der Waals surface area contributed by atoms with Crippen molar-refractivity contribution in [1.82, 2.24) is 0 Å². The fraction of sp³-hybridized carbons (Fsp3) is 0. The Labute approximate surface area is 130 Å². The van der Waals surface area contributed by atoms with Crippen LogP contribution in [0.15, 0.2) is 42.5 Å². The molecule has 7 heteroatoms. The van der Waals surface area contributed by atoms with E-state index < -0.39 is 11.8 Å². The molecule has 2 aromatic carbocycles. The molecule has 0 aliphatic rings. The highest BCUT2D eigenvalue weighted by Gasteiger charge is 2.15. The molecule has 21 heavy (non-hydrogen) atoms. The minimum absolute atomic E-state index is 0.0544. The van der Waals surface area contributed by atoms with E-state index in [4.69, 9.17) is 23.2 Å². The molecular weight excluding hydrogens is 315 g/mol. The van der Waals surface area contributed by atoms with Gasteiger partial charge in [-0.1, -0.05) is 23.2 Å². The second-order valence-corrected chi connectivity index (χ2v) is 4.95. The molecule has 0 saturated heterocycles. The Bertz CT molecular complexity index is 687. The maximum Gasteiger partial charge on any atom is 0.314 e. The van der Waals surface area contributed by atoms with E-state index >= 15 is 0 Å². The minimum atomic E-state index is -0.928. The van der Waals surface area contributed by atoms with Crippen molar-refractivity contribution in [3.8, 4) is 5.75 Å². The molecule has 3 N–H and O–H groups in total. The number of benzene rings is 2.